The van der Waals surface area contributed by atoms with Crippen molar-refractivity contribution in [3.63, 3.8) is 0 Å². The summed E-state index contributed by atoms with van der Waals surface area (Å²) in [5.74, 6) is 0.610. The lowest BCUT2D eigenvalue weighted by Gasteiger charge is -2.17. The number of carbonyl (C=O) groups excluding carboxylic acids is 1. The molecule has 30 heavy (non-hydrogen) atoms. The van der Waals surface area contributed by atoms with Gasteiger partial charge in [-0.15, -0.1) is 0 Å². The van der Waals surface area contributed by atoms with Gasteiger partial charge in [0.1, 0.15) is 11.5 Å². The van der Waals surface area contributed by atoms with Crippen molar-refractivity contribution >= 4 is 15.9 Å². The number of methoxy groups -OCH3 is 1. The summed E-state index contributed by atoms with van der Waals surface area (Å²) in [4.78, 5) is 12.6. The summed E-state index contributed by atoms with van der Waals surface area (Å²) in [6, 6.07) is 16.3. The van der Waals surface area contributed by atoms with Gasteiger partial charge in [0.05, 0.1) is 30.7 Å². The number of rotatable bonds is 9. The Morgan fingerprint density at radius 2 is 1.77 bits per heavy atom. The smallest absolute Gasteiger partial charge is 0.241 e. The molecule has 0 aliphatic heterocycles. The molecule has 2 N–H and O–H groups in total. The first kappa shape index (κ1) is 21.6. The molecule has 3 aromatic rings. The maximum absolute atomic E-state index is 12.8. The highest BCUT2D eigenvalue weighted by Crippen LogP contribution is 2.22. The minimum absolute atomic E-state index is 0.0694. The van der Waals surface area contributed by atoms with Gasteiger partial charge in [0.25, 0.3) is 0 Å². The van der Waals surface area contributed by atoms with Gasteiger partial charge < -0.3 is 14.5 Å². The molecule has 158 valence electrons. The Balaban J connectivity index is 1.69. The Morgan fingerprint density at radius 1 is 1.07 bits per heavy atom. The SMILES string of the molecule is COc1ccc(S(=O)(=O)N[C@H](CC(=O)NCc2ccc(C)cc2)c2ccco2)cc1. The van der Waals surface area contributed by atoms with Crippen LogP contribution in [0.15, 0.2) is 76.2 Å². The van der Waals surface area contributed by atoms with Gasteiger partial charge in [-0.3, -0.25) is 4.79 Å². The molecule has 0 bridgehead atoms. The lowest BCUT2D eigenvalue weighted by Crippen LogP contribution is -2.33. The van der Waals surface area contributed by atoms with Crippen molar-refractivity contribution < 1.29 is 22.4 Å². The normalized spacial score (nSPS) is 12.3. The second-order valence-electron chi connectivity index (χ2n) is 6.83. The fourth-order valence-electron chi connectivity index (χ4n) is 2.86. The van der Waals surface area contributed by atoms with Crippen LogP contribution >= 0.6 is 0 Å². The third kappa shape index (κ3) is 5.71. The molecule has 7 nitrogen and oxygen atoms in total. The predicted octanol–water partition coefficient (Wildman–Crippen LogP) is 3.32. The Labute approximate surface area is 176 Å². The number of amides is 1. The third-order valence-corrected chi connectivity index (χ3v) is 6.04. The van der Waals surface area contributed by atoms with E-state index >= 15 is 0 Å². The molecule has 0 saturated heterocycles. The van der Waals surface area contributed by atoms with E-state index in [0.717, 1.165) is 11.1 Å². The number of aryl methyl sites for hydroxylation is 1. The van der Waals surface area contributed by atoms with E-state index < -0.39 is 16.1 Å². The molecule has 1 atom stereocenters. The fourth-order valence-corrected chi connectivity index (χ4v) is 4.07. The Morgan fingerprint density at radius 3 is 2.37 bits per heavy atom. The summed E-state index contributed by atoms with van der Waals surface area (Å²) in [6.45, 7) is 2.35. The first-order valence-corrected chi connectivity index (χ1v) is 10.9. The minimum Gasteiger partial charge on any atom is -0.497 e. The lowest BCUT2D eigenvalue weighted by atomic mass is 10.1. The second kappa shape index (κ2) is 9.60. The van der Waals surface area contributed by atoms with Crippen LogP contribution in [0.3, 0.4) is 0 Å². The largest absolute Gasteiger partial charge is 0.497 e. The van der Waals surface area contributed by atoms with Crippen molar-refractivity contribution in [2.45, 2.75) is 30.8 Å². The topological polar surface area (TPSA) is 97.6 Å². The highest BCUT2D eigenvalue weighted by atomic mass is 32.2. The summed E-state index contributed by atoms with van der Waals surface area (Å²) in [6.07, 6.45) is 1.34. The maximum Gasteiger partial charge on any atom is 0.241 e. The Kier molecular flexibility index (Phi) is 6.91. The van der Waals surface area contributed by atoms with Crippen molar-refractivity contribution in [2.24, 2.45) is 0 Å². The number of ether oxygens (including phenoxy) is 1. The highest BCUT2D eigenvalue weighted by molar-refractivity contribution is 7.89. The van der Waals surface area contributed by atoms with Crippen LogP contribution in [0, 0.1) is 6.92 Å². The van der Waals surface area contributed by atoms with Crippen LogP contribution in [0.25, 0.3) is 0 Å². The quantitative estimate of drug-likeness (QED) is 0.545. The number of furan rings is 1. The number of carbonyl (C=O) groups is 1. The molecule has 1 amide bonds. The van der Waals surface area contributed by atoms with E-state index in [2.05, 4.69) is 10.0 Å². The van der Waals surface area contributed by atoms with Crippen molar-refractivity contribution in [2.75, 3.05) is 7.11 Å². The van der Waals surface area contributed by atoms with E-state index in [1.54, 1.807) is 24.3 Å². The van der Waals surface area contributed by atoms with Crippen molar-refractivity contribution in [1.82, 2.24) is 10.0 Å². The van der Waals surface area contributed by atoms with E-state index in [0.29, 0.717) is 18.1 Å². The number of benzene rings is 2. The van der Waals surface area contributed by atoms with Gasteiger partial charge in [0.2, 0.25) is 15.9 Å². The van der Waals surface area contributed by atoms with Crippen LogP contribution in [0.1, 0.15) is 29.3 Å². The fraction of sp³-hybridized carbons (Fsp3) is 0.227. The van der Waals surface area contributed by atoms with Crippen molar-refractivity contribution in [3.8, 4) is 5.75 Å². The third-order valence-electron chi connectivity index (χ3n) is 4.55. The van der Waals surface area contributed by atoms with Crippen LogP contribution in [0.4, 0.5) is 0 Å². The summed E-state index contributed by atoms with van der Waals surface area (Å²) in [5.41, 5.74) is 2.10. The van der Waals surface area contributed by atoms with Crippen LogP contribution in [0.2, 0.25) is 0 Å². The molecule has 2 aromatic carbocycles. The van der Waals surface area contributed by atoms with Crippen LogP contribution in [0.5, 0.6) is 5.75 Å². The number of sulfonamides is 1. The van der Waals surface area contributed by atoms with Crippen molar-refractivity contribution in [3.05, 3.63) is 83.8 Å². The molecule has 1 aromatic heterocycles. The summed E-state index contributed by atoms with van der Waals surface area (Å²) in [7, 11) is -2.37. The van der Waals surface area contributed by atoms with Gasteiger partial charge in [0.15, 0.2) is 0 Å². The standard InChI is InChI=1S/C22H24N2O5S/c1-16-5-7-17(8-6-16)15-23-22(25)14-20(21-4-3-13-29-21)24-30(26,27)19-11-9-18(28-2)10-12-19/h3-13,20,24H,14-15H2,1-2H3,(H,23,25)/t20-/m1/s1. The van der Waals surface area contributed by atoms with Gasteiger partial charge in [-0.05, 0) is 48.9 Å². The zero-order valence-electron chi connectivity index (χ0n) is 16.8. The summed E-state index contributed by atoms with van der Waals surface area (Å²) in [5, 5.41) is 2.82. The molecule has 0 saturated carbocycles. The molecule has 8 heteroatoms. The van der Waals surface area contributed by atoms with Gasteiger partial charge in [-0.1, -0.05) is 29.8 Å². The molecule has 0 unspecified atom stereocenters. The molecular weight excluding hydrogens is 404 g/mol. The number of hydrogen-bond donors (Lipinski definition) is 2. The van der Waals surface area contributed by atoms with E-state index in [1.807, 2.05) is 31.2 Å². The van der Waals surface area contributed by atoms with E-state index in [-0.39, 0.29) is 17.2 Å². The minimum atomic E-state index is -3.87. The molecule has 1 heterocycles. The molecular formula is C22H24N2O5S. The highest BCUT2D eigenvalue weighted by Gasteiger charge is 2.25. The average molecular weight is 429 g/mol. The van der Waals surface area contributed by atoms with Crippen molar-refractivity contribution in [1.29, 1.82) is 0 Å². The summed E-state index contributed by atoms with van der Waals surface area (Å²) >= 11 is 0. The maximum atomic E-state index is 12.8. The molecule has 3 rings (SSSR count). The molecule has 0 fully saturated rings. The van der Waals surface area contributed by atoms with Gasteiger partial charge in [-0.25, -0.2) is 8.42 Å². The zero-order valence-corrected chi connectivity index (χ0v) is 17.6. The zero-order chi connectivity index (χ0) is 21.6. The van der Waals surface area contributed by atoms with Gasteiger partial charge in [0, 0.05) is 6.54 Å². The van der Waals surface area contributed by atoms with E-state index in [9.17, 15) is 13.2 Å². The number of hydrogen-bond acceptors (Lipinski definition) is 5. The molecule has 0 aliphatic carbocycles. The van der Waals surface area contributed by atoms with Gasteiger partial charge in [-0.2, -0.15) is 4.72 Å². The summed E-state index contributed by atoms with van der Waals surface area (Å²) < 4.78 is 38.6. The second-order valence-corrected chi connectivity index (χ2v) is 8.55. The molecule has 0 radical (unpaired) electrons. The Bertz CT molecular complexity index is 1060. The predicted molar refractivity (Wildman–Crippen MR) is 112 cm³/mol. The Hall–Kier alpha value is -3.10. The van der Waals surface area contributed by atoms with Crippen LogP contribution in [-0.4, -0.2) is 21.4 Å². The first-order chi connectivity index (χ1) is 14.4. The van der Waals surface area contributed by atoms with Crippen LogP contribution < -0.4 is 14.8 Å². The molecule has 0 spiro atoms. The monoisotopic (exact) mass is 428 g/mol. The average Bonchev–Trinajstić information content (AvgIpc) is 3.28. The van der Waals surface area contributed by atoms with E-state index in [4.69, 9.17) is 9.15 Å². The van der Waals surface area contributed by atoms with Crippen LogP contribution in [-0.2, 0) is 21.4 Å². The lowest BCUT2D eigenvalue weighted by molar-refractivity contribution is -0.121. The number of nitrogens with one attached hydrogen (secondary N) is 2. The molecule has 0 aliphatic rings. The van der Waals surface area contributed by atoms with Gasteiger partial charge >= 0.3 is 0 Å². The first-order valence-electron chi connectivity index (χ1n) is 9.39. The van der Waals surface area contributed by atoms with E-state index in [1.165, 1.54) is 25.5 Å².